The molecule has 0 bridgehead atoms. The number of nitrogens with two attached hydrogens (primary N) is 1. The standard InChI is InChI=1S/C14H20ClN3OS.HI/c1-19-13-5-4-11(7-12(13)15)18-14(16)17-8-10-3-2-6-20-9-10;/h4-5,7,10H,2-3,6,8-9H2,1H3,(H3,16,17,18);1H. The van der Waals surface area contributed by atoms with Gasteiger partial charge in [-0.05, 0) is 48.5 Å². The highest BCUT2D eigenvalue weighted by Gasteiger charge is 2.13. The van der Waals surface area contributed by atoms with Crippen molar-refractivity contribution in [3.63, 3.8) is 0 Å². The number of guanidine groups is 1. The molecule has 1 fully saturated rings. The highest BCUT2D eigenvalue weighted by Crippen LogP contribution is 2.27. The van der Waals surface area contributed by atoms with Gasteiger partial charge in [-0.2, -0.15) is 11.8 Å². The lowest BCUT2D eigenvalue weighted by Gasteiger charge is -2.19. The van der Waals surface area contributed by atoms with Crippen LogP contribution in [0.4, 0.5) is 5.69 Å². The summed E-state index contributed by atoms with van der Waals surface area (Å²) in [6, 6.07) is 5.44. The highest BCUT2D eigenvalue weighted by atomic mass is 127. The molecular weight excluding hydrogens is 421 g/mol. The summed E-state index contributed by atoms with van der Waals surface area (Å²) in [4.78, 5) is 4.41. The Bertz CT molecular complexity index is 481. The number of thioether (sulfide) groups is 1. The second kappa shape index (κ2) is 9.63. The molecular formula is C14H21ClIN3OS. The Balaban J connectivity index is 0.00000220. The Labute approximate surface area is 152 Å². The van der Waals surface area contributed by atoms with Gasteiger partial charge < -0.3 is 15.8 Å². The largest absolute Gasteiger partial charge is 0.495 e. The zero-order valence-electron chi connectivity index (χ0n) is 12.0. The molecule has 1 unspecified atom stereocenters. The van der Waals surface area contributed by atoms with E-state index in [0.717, 1.165) is 12.2 Å². The van der Waals surface area contributed by atoms with Crippen molar-refractivity contribution in [3.05, 3.63) is 23.2 Å². The van der Waals surface area contributed by atoms with Crippen molar-refractivity contribution in [1.29, 1.82) is 0 Å². The van der Waals surface area contributed by atoms with E-state index in [1.54, 1.807) is 19.2 Å². The van der Waals surface area contributed by atoms with E-state index in [2.05, 4.69) is 10.3 Å². The van der Waals surface area contributed by atoms with Crippen molar-refractivity contribution in [2.75, 3.05) is 30.5 Å². The number of hydrogen-bond acceptors (Lipinski definition) is 3. The lowest BCUT2D eigenvalue weighted by Crippen LogP contribution is -2.24. The van der Waals surface area contributed by atoms with Crippen molar-refractivity contribution in [2.45, 2.75) is 12.8 Å². The third kappa shape index (κ3) is 6.12. The van der Waals surface area contributed by atoms with Crippen LogP contribution in [0.25, 0.3) is 0 Å². The van der Waals surface area contributed by atoms with Crippen molar-refractivity contribution >= 4 is 59.0 Å². The van der Waals surface area contributed by atoms with E-state index in [9.17, 15) is 0 Å². The van der Waals surface area contributed by atoms with Gasteiger partial charge in [0.25, 0.3) is 0 Å². The molecule has 1 saturated heterocycles. The van der Waals surface area contributed by atoms with Crippen molar-refractivity contribution in [3.8, 4) is 5.75 Å². The monoisotopic (exact) mass is 441 g/mol. The van der Waals surface area contributed by atoms with Crippen LogP contribution < -0.4 is 15.8 Å². The molecule has 0 aliphatic carbocycles. The van der Waals surface area contributed by atoms with Gasteiger partial charge in [0, 0.05) is 12.2 Å². The predicted octanol–water partition coefficient (Wildman–Crippen LogP) is 3.84. The fraction of sp³-hybridized carbons (Fsp3) is 0.500. The van der Waals surface area contributed by atoms with E-state index >= 15 is 0 Å². The van der Waals surface area contributed by atoms with Gasteiger partial charge in [0.05, 0.1) is 12.1 Å². The second-order valence-corrected chi connectivity index (χ2v) is 6.34. The van der Waals surface area contributed by atoms with E-state index < -0.39 is 0 Å². The van der Waals surface area contributed by atoms with E-state index in [-0.39, 0.29) is 24.0 Å². The van der Waals surface area contributed by atoms with E-state index in [1.807, 2.05) is 17.8 Å². The molecule has 21 heavy (non-hydrogen) atoms. The minimum atomic E-state index is 0. The van der Waals surface area contributed by atoms with Gasteiger partial charge in [0.1, 0.15) is 5.75 Å². The first-order valence-corrected chi connectivity index (χ1v) is 8.20. The van der Waals surface area contributed by atoms with Gasteiger partial charge in [-0.25, -0.2) is 0 Å². The topological polar surface area (TPSA) is 59.6 Å². The number of aliphatic imine (C=N–C) groups is 1. The van der Waals surface area contributed by atoms with Crippen molar-refractivity contribution < 1.29 is 4.74 Å². The molecule has 3 N–H and O–H groups in total. The minimum absolute atomic E-state index is 0. The number of nitrogens with one attached hydrogen (secondary N) is 1. The summed E-state index contributed by atoms with van der Waals surface area (Å²) >= 11 is 8.07. The van der Waals surface area contributed by atoms with Crippen LogP contribution in [0, 0.1) is 5.92 Å². The van der Waals surface area contributed by atoms with Crippen LogP contribution >= 0.6 is 47.3 Å². The Hall–Kier alpha value is -0.340. The quantitative estimate of drug-likeness (QED) is 0.423. The number of hydrogen-bond donors (Lipinski definition) is 2. The molecule has 1 aromatic rings. The van der Waals surface area contributed by atoms with E-state index in [1.165, 1.54) is 24.3 Å². The minimum Gasteiger partial charge on any atom is -0.495 e. The first-order valence-electron chi connectivity index (χ1n) is 6.67. The number of methoxy groups -OCH3 is 1. The van der Waals surface area contributed by atoms with E-state index in [0.29, 0.717) is 22.6 Å². The molecule has 0 aromatic heterocycles. The summed E-state index contributed by atoms with van der Waals surface area (Å²) in [6.07, 6.45) is 2.53. The number of halogens is 2. The number of nitrogens with zero attached hydrogens (tertiary/aromatic N) is 1. The van der Waals surface area contributed by atoms with Gasteiger partial charge in [0.15, 0.2) is 5.96 Å². The Kier molecular flexibility index (Phi) is 8.58. The highest BCUT2D eigenvalue weighted by molar-refractivity contribution is 14.0. The SMILES string of the molecule is COc1ccc(NC(N)=NCC2CCCSC2)cc1Cl.I. The van der Waals surface area contributed by atoms with Crippen molar-refractivity contribution in [2.24, 2.45) is 16.6 Å². The molecule has 1 aliphatic heterocycles. The lowest BCUT2D eigenvalue weighted by atomic mass is 10.1. The lowest BCUT2D eigenvalue weighted by molar-refractivity contribution is 0.415. The van der Waals surface area contributed by atoms with Gasteiger partial charge in [-0.1, -0.05) is 11.6 Å². The van der Waals surface area contributed by atoms with Crippen LogP contribution in [0.1, 0.15) is 12.8 Å². The summed E-state index contributed by atoms with van der Waals surface area (Å²) in [5, 5.41) is 3.60. The van der Waals surface area contributed by atoms with Crippen LogP contribution in [0.15, 0.2) is 23.2 Å². The third-order valence-corrected chi connectivity index (χ3v) is 4.78. The van der Waals surface area contributed by atoms with E-state index in [4.69, 9.17) is 22.1 Å². The summed E-state index contributed by atoms with van der Waals surface area (Å²) in [6.45, 7) is 0.787. The first kappa shape index (κ1) is 18.7. The molecule has 0 saturated carbocycles. The molecule has 1 atom stereocenters. The van der Waals surface area contributed by atoms with Gasteiger partial charge in [-0.15, -0.1) is 24.0 Å². The molecule has 1 aliphatic rings. The van der Waals surface area contributed by atoms with Crippen molar-refractivity contribution in [1.82, 2.24) is 0 Å². The molecule has 1 heterocycles. The second-order valence-electron chi connectivity index (χ2n) is 4.78. The van der Waals surface area contributed by atoms with Gasteiger partial charge in [-0.3, -0.25) is 4.99 Å². The molecule has 4 nitrogen and oxygen atoms in total. The third-order valence-electron chi connectivity index (χ3n) is 3.20. The van der Waals surface area contributed by atoms with Crippen LogP contribution in [-0.2, 0) is 0 Å². The molecule has 0 amide bonds. The number of benzene rings is 1. The van der Waals surface area contributed by atoms with Crippen LogP contribution in [-0.4, -0.2) is 31.1 Å². The Morgan fingerprint density at radius 2 is 2.38 bits per heavy atom. The molecule has 2 rings (SSSR count). The molecule has 0 radical (unpaired) electrons. The fourth-order valence-corrected chi connectivity index (χ4v) is 3.51. The first-order chi connectivity index (χ1) is 9.69. The van der Waals surface area contributed by atoms with Crippen LogP contribution in [0.5, 0.6) is 5.75 Å². The Morgan fingerprint density at radius 3 is 3.00 bits per heavy atom. The summed E-state index contributed by atoms with van der Waals surface area (Å²) in [7, 11) is 1.59. The number of rotatable bonds is 4. The molecule has 1 aromatic carbocycles. The predicted molar refractivity (Wildman–Crippen MR) is 104 cm³/mol. The Morgan fingerprint density at radius 1 is 1.57 bits per heavy atom. The summed E-state index contributed by atoms with van der Waals surface area (Å²) < 4.78 is 5.11. The summed E-state index contributed by atoms with van der Waals surface area (Å²) in [5.41, 5.74) is 6.72. The van der Waals surface area contributed by atoms with Gasteiger partial charge >= 0.3 is 0 Å². The van der Waals surface area contributed by atoms with Crippen LogP contribution in [0.3, 0.4) is 0 Å². The van der Waals surface area contributed by atoms with Crippen LogP contribution in [0.2, 0.25) is 5.02 Å². The number of anilines is 1. The van der Waals surface area contributed by atoms with Gasteiger partial charge in [0.2, 0.25) is 0 Å². The summed E-state index contributed by atoms with van der Waals surface area (Å²) in [5.74, 6) is 4.19. The maximum atomic E-state index is 6.06. The molecule has 118 valence electrons. The zero-order valence-corrected chi connectivity index (χ0v) is 15.9. The number of ether oxygens (including phenoxy) is 1. The molecule has 0 spiro atoms. The smallest absolute Gasteiger partial charge is 0.193 e. The normalized spacial score (nSPS) is 18.8. The maximum Gasteiger partial charge on any atom is 0.193 e. The zero-order chi connectivity index (χ0) is 14.4. The average molecular weight is 442 g/mol. The maximum absolute atomic E-state index is 6.06. The molecule has 7 heteroatoms. The average Bonchev–Trinajstić information content (AvgIpc) is 2.46. The fourth-order valence-electron chi connectivity index (χ4n) is 2.11.